The van der Waals surface area contributed by atoms with Crippen molar-refractivity contribution in [3.63, 3.8) is 0 Å². The fraction of sp³-hybridized carbons (Fsp3) is 0.350. The number of carbonyl (C=O) groups is 1. The number of nitrogens with zero attached hydrogens (tertiary/aromatic N) is 1. The lowest BCUT2D eigenvalue weighted by Gasteiger charge is -2.24. The molecule has 1 N–H and O–H groups in total. The second-order valence-corrected chi connectivity index (χ2v) is 8.79. The van der Waals surface area contributed by atoms with Gasteiger partial charge >= 0.3 is 5.97 Å². The van der Waals surface area contributed by atoms with Crippen LogP contribution in [0.15, 0.2) is 53.4 Å². The van der Waals surface area contributed by atoms with Crippen LogP contribution >= 0.6 is 0 Å². The summed E-state index contributed by atoms with van der Waals surface area (Å²) in [5, 5.41) is 9.60. The number of benzene rings is 2. The topological polar surface area (TPSA) is 74.7 Å². The predicted octanol–water partition coefficient (Wildman–Crippen LogP) is 3.43. The van der Waals surface area contributed by atoms with Crippen LogP contribution in [0.2, 0.25) is 0 Å². The van der Waals surface area contributed by atoms with E-state index in [1.807, 2.05) is 31.2 Å². The van der Waals surface area contributed by atoms with E-state index in [1.54, 1.807) is 12.1 Å². The molecular formula is C20H25NO4S. The van der Waals surface area contributed by atoms with E-state index < -0.39 is 22.0 Å². The predicted molar refractivity (Wildman–Crippen MR) is 102 cm³/mol. The summed E-state index contributed by atoms with van der Waals surface area (Å²) >= 11 is 0. The summed E-state index contributed by atoms with van der Waals surface area (Å²) in [4.78, 5) is 11.8. The molecule has 0 saturated heterocycles. The quantitative estimate of drug-likeness (QED) is 0.804. The molecule has 2 aromatic rings. The molecule has 2 rings (SSSR count). The Morgan fingerprint density at radius 1 is 1.04 bits per heavy atom. The lowest BCUT2D eigenvalue weighted by atomic mass is 9.99. The van der Waals surface area contributed by atoms with Crippen LogP contribution < -0.4 is 0 Å². The first kappa shape index (κ1) is 20.1. The molecule has 26 heavy (non-hydrogen) atoms. The highest BCUT2D eigenvalue weighted by Crippen LogP contribution is 2.21. The molecule has 0 heterocycles. The van der Waals surface area contributed by atoms with Crippen molar-refractivity contribution in [1.82, 2.24) is 4.31 Å². The Hall–Kier alpha value is -2.18. The number of aliphatic carboxylic acids is 1. The molecule has 0 aliphatic carbocycles. The maximum absolute atomic E-state index is 12.8. The van der Waals surface area contributed by atoms with Crippen LogP contribution in [0.1, 0.15) is 36.5 Å². The Labute approximate surface area is 155 Å². The molecule has 2 aromatic carbocycles. The number of aryl methyl sites for hydroxylation is 1. The number of carboxylic acids is 1. The first-order valence-corrected chi connectivity index (χ1v) is 9.93. The number of likely N-dealkylation sites (N-methyl/N-ethyl adjacent to an activating group) is 1. The van der Waals surface area contributed by atoms with Crippen LogP contribution in [0.5, 0.6) is 0 Å². The first-order valence-electron chi connectivity index (χ1n) is 8.49. The highest BCUT2D eigenvalue weighted by atomic mass is 32.2. The first-order chi connectivity index (χ1) is 12.1. The lowest BCUT2D eigenvalue weighted by Crippen LogP contribution is -2.43. The van der Waals surface area contributed by atoms with E-state index >= 15 is 0 Å². The molecule has 0 bridgehead atoms. The molecular weight excluding hydrogens is 350 g/mol. The van der Waals surface area contributed by atoms with E-state index in [4.69, 9.17) is 0 Å². The van der Waals surface area contributed by atoms with Crippen molar-refractivity contribution >= 4 is 16.0 Å². The van der Waals surface area contributed by atoms with Gasteiger partial charge in [0, 0.05) is 7.05 Å². The summed E-state index contributed by atoms with van der Waals surface area (Å²) in [6.07, 6.45) is 0.106. The average Bonchev–Trinajstić information content (AvgIpc) is 2.59. The summed E-state index contributed by atoms with van der Waals surface area (Å²) < 4.78 is 26.5. The van der Waals surface area contributed by atoms with Gasteiger partial charge in [-0.1, -0.05) is 55.8 Å². The van der Waals surface area contributed by atoms with Crippen molar-refractivity contribution in [2.45, 2.75) is 44.0 Å². The zero-order chi connectivity index (χ0) is 19.5. The maximum Gasteiger partial charge on any atom is 0.322 e. The molecule has 0 fully saturated rings. The van der Waals surface area contributed by atoms with Crippen LogP contribution in [0.25, 0.3) is 0 Å². The number of sulfonamides is 1. The minimum Gasteiger partial charge on any atom is -0.480 e. The van der Waals surface area contributed by atoms with E-state index in [9.17, 15) is 18.3 Å². The normalized spacial score (nSPS) is 13.2. The van der Waals surface area contributed by atoms with Gasteiger partial charge in [0.15, 0.2) is 0 Å². The monoisotopic (exact) mass is 375 g/mol. The average molecular weight is 375 g/mol. The van der Waals surface area contributed by atoms with Gasteiger partial charge in [0.1, 0.15) is 6.04 Å². The van der Waals surface area contributed by atoms with Crippen molar-refractivity contribution < 1.29 is 18.3 Å². The molecule has 0 radical (unpaired) electrons. The van der Waals surface area contributed by atoms with Gasteiger partial charge in [-0.3, -0.25) is 4.79 Å². The number of hydrogen-bond donors (Lipinski definition) is 1. The van der Waals surface area contributed by atoms with Crippen molar-refractivity contribution in [1.29, 1.82) is 0 Å². The van der Waals surface area contributed by atoms with Crippen molar-refractivity contribution in [2.75, 3.05) is 7.05 Å². The summed E-state index contributed by atoms with van der Waals surface area (Å²) in [6.45, 7) is 6.02. The van der Waals surface area contributed by atoms with Gasteiger partial charge in [0.05, 0.1) is 4.90 Å². The highest BCUT2D eigenvalue weighted by molar-refractivity contribution is 7.89. The van der Waals surface area contributed by atoms with Crippen LogP contribution in [0.4, 0.5) is 0 Å². The summed E-state index contributed by atoms with van der Waals surface area (Å²) in [5.41, 5.74) is 2.88. The molecule has 0 aliphatic rings. The summed E-state index contributed by atoms with van der Waals surface area (Å²) in [7, 11) is -2.57. The zero-order valence-electron chi connectivity index (χ0n) is 15.5. The van der Waals surface area contributed by atoms with Crippen LogP contribution in [-0.4, -0.2) is 36.9 Å². The second-order valence-electron chi connectivity index (χ2n) is 6.79. The second kappa shape index (κ2) is 8.01. The zero-order valence-corrected chi connectivity index (χ0v) is 16.3. The Bertz CT molecular complexity index is 856. The van der Waals surface area contributed by atoms with Crippen LogP contribution in [0, 0.1) is 6.92 Å². The van der Waals surface area contributed by atoms with E-state index in [1.165, 1.54) is 19.2 Å². The molecule has 140 valence electrons. The highest BCUT2D eigenvalue weighted by Gasteiger charge is 2.32. The maximum atomic E-state index is 12.8. The molecule has 0 aliphatic heterocycles. The van der Waals surface area contributed by atoms with Crippen molar-refractivity contribution in [3.05, 3.63) is 65.2 Å². The smallest absolute Gasteiger partial charge is 0.322 e. The standard InChI is InChI=1S/C20H25NO4S/c1-14(2)17-9-7-16(8-10-17)13-19(20(22)23)21(4)26(24,25)18-11-5-15(3)6-12-18/h5-12,14,19H,13H2,1-4H3,(H,22,23). The number of carboxylic acid groups (broad SMARTS) is 1. The third kappa shape index (κ3) is 4.51. The number of hydrogen-bond acceptors (Lipinski definition) is 3. The largest absolute Gasteiger partial charge is 0.480 e. The van der Waals surface area contributed by atoms with Gasteiger partial charge in [-0.15, -0.1) is 0 Å². The fourth-order valence-corrected chi connectivity index (χ4v) is 3.99. The molecule has 5 nitrogen and oxygen atoms in total. The molecule has 6 heteroatoms. The lowest BCUT2D eigenvalue weighted by molar-refractivity contribution is -0.141. The molecule has 0 spiro atoms. The summed E-state index contributed by atoms with van der Waals surface area (Å²) in [5.74, 6) is -0.792. The Balaban J connectivity index is 2.28. The Morgan fingerprint density at radius 2 is 1.58 bits per heavy atom. The third-order valence-electron chi connectivity index (χ3n) is 4.50. The van der Waals surface area contributed by atoms with E-state index in [-0.39, 0.29) is 11.3 Å². The van der Waals surface area contributed by atoms with E-state index in [0.29, 0.717) is 5.92 Å². The van der Waals surface area contributed by atoms with Crippen molar-refractivity contribution in [2.24, 2.45) is 0 Å². The van der Waals surface area contributed by atoms with Gasteiger partial charge < -0.3 is 5.11 Å². The van der Waals surface area contributed by atoms with Gasteiger partial charge in [-0.2, -0.15) is 4.31 Å². The Morgan fingerprint density at radius 3 is 2.04 bits per heavy atom. The van der Waals surface area contributed by atoms with Gasteiger partial charge in [0.2, 0.25) is 10.0 Å². The van der Waals surface area contributed by atoms with Crippen molar-refractivity contribution in [3.8, 4) is 0 Å². The number of rotatable bonds is 7. The van der Waals surface area contributed by atoms with Crippen LogP contribution in [0.3, 0.4) is 0 Å². The van der Waals surface area contributed by atoms with E-state index in [2.05, 4.69) is 13.8 Å². The molecule has 0 amide bonds. The van der Waals surface area contributed by atoms with Crippen LogP contribution in [-0.2, 0) is 21.2 Å². The third-order valence-corrected chi connectivity index (χ3v) is 6.38. The molecule has 1 unspecified atom stereocenters. The summed E-state index contributed by atoms with van der Waals surface area (Å²) in [6, 6.07) is 12.8. The Kier molecular flexibility index (Phi) is 6.21. The minimum absolute atomic E-state index is 0.0898. The van der Waals surface area contributed by atoms with Gasteiger partial charge in [0.25, 0.3) is 0 Å². The molecule has 0 saturated carbocycles. The molecule has 0 aromatic heterocycles. The van der Waals surface area contributed by atoms with Gasteiger partial charge in [-0.25, -0.2) is 8.42 Å². The van der Waals surface area contributed by atoms with Gasteiger partial charge in [-0.05, 0) is 42.5 Å². The molecule has 1 atom stereocenters. The minimum atomic E-state index is -3.89. The fourth-order valence-electron chi connectivity index (χ4n) is 2.68. The SMILES string of the molecule is Cc1ccc(S(=O)(=O)N(C)C(Cc2ccc(C(C)C)cc2)C(=O)O)cc1. The van der Waals surface area contributed by atoms with E-state index in [0.717, 1.165) is 21.0 Å².